The molecule has 1 unspecified atom stereocenters. The Morgan fingerprint density at radius 3 is 2.40 bits per heavy atom. The molecule has 0 aliphatic carbocycles. The molecule has 0 bridgehead atoms. The third-order valence-electron chi connectivity index (χ3n) is 2.60. The maximum Gasteiger partial charge on any atom is 0.330 e. The lowest BCUT2D eigenvalue weighted by molar-refractivity contribution is -0.153. The average molecular weight is 212 g/mol. The predicted octanol–water partition coefficient (Wildman–Crippen LogP) is 3.85. The number of unbranched alkanes of at least 4 members (excludes halogenated alkanes) is 2. The summed E-state index contributed by atoms with van der Waals surface area (Å²) in [4.78, 5) is 11.2. The summed E-state index contributed by atoms with van der Waals surface area (Å²) in [6, 6.07) is 0. The van der Waals surface area contributed by atoms with E-state index in [0.29, 0.717) is 0 Å². The van der Waals surface area contributed by atoms with Gasteiger partial charge in [0.05, 0.1) is 0 Å². The Hall–Kier alpha value is -0.790. The van der Waals surface area contributed by atoms with E-state index >= 15 is 0 Å². The molecule has 2 nitrogen and oxygen atoms in total. The Labute approximate surface area is 93.7 Å². The van der Waals surface area contributed by atoms with Crippen LogP contribution in [0.3, 0.4) is 0 Å². The Kier molecular flexibility index (Phi) is 7.10. The highest BCUT2D eigenvalue weighted by molar-refractivity contribution is 5.81. The maximum absolute atomic E-state index is 11.2. The molecule has 88 valence electrons. The number of rotatable bonds is 8. The first-order chi connectivity index (χ1) is 7.08. The maximum atomic E-state index is 11.2. The second-order valence-electron chi connectivity index (χ2n) is 4.28. The van der Waals surface area contributed by atoms with Crippen molar-refractivity contribution >= 4 is 5.97 Å². The fourth-order valence-electron chi connectivity index (χ4n) is 1.79. The summed E-state index contributed by atoms with van der Waals surface area (Å²) in [5.74, 6) is -0.303. The molecule has 0 aromatic rings. The van der Waals surface area contributed by atoms with E-state index in [0.717, 1.165) is 25.7 Å². The molecule has 0 saturated heterocycles. The van der Waals surface area contributed by atoms with Crippen molar-refractivity contribution in [3.05, 3.63) is 12.7 Å². The van der Waals surface area contributed by atoms with E-state index in [1.807, 2.05) is 6.92 Å². The van der Waals surface area contributed by atoms with Crippen LogP contribution in [0.2, 0.25) is 0 Å². The Morgan fingerprint density at radius 2 is 1.93 bits per heavy atom. The summed E-state index contributed by atoms with van der Waals surface area (Å²) < 4.78 is 5.42. The summed E-state index contributed by atoms with van der Waals surface area (Å²) in [5.41, 5.74) is -0.296. The lowest BCUT2D eigenvalue weighted by Crippen LogP contribution is -2.31. The molecule has 1 atom stereocenters. The molecule has 0 aromatic heterocycles. The van der Waals surface area contributed by atoms with Gasteiger partial charge in [-0.25, -0.2) is 4.79 Å². The molecule has 0 rings (SSSR count). The van der Waals surface area contributed by atoms with Crippen molar-refractivity contribution < 1.29 is 9.53 Å². The van der Waals surface area contributed by atoms with E-state index in [-0.39, 0.29) is 11.6 Å². The fraction of sp³-hybridized carbons (Fsp3) is 0.769. The summed E-state index contributed by atoms with van der Waals surface area (Å²) in [5, 5.41) is 0. The molecule has 0 aliphatic heterocycles. The summed E-state index contributed by atoms with van der Waals surface area (Å²) >= 11 is 0. The predicted molar refractivity (Wildman–Crippen MR) is 63.7 cm³/mol. The van der Waals surface area contributed by atoms with Gasteiger partial charge in [0, 0.05) is 6.08 Å². The molecule has 0 saturated carbocycles. The second-order valence-corrected chi connectivity index (χ2v) is 4.28. The van der Waals surface area contributed by atoms with Gasteiger partial charge >= 0.3 is 5.97 Å². The minimum absolute atomic E-state index is 0.296. The second kappa shape index (κ2) is 7.49. The van der Waals surface area contributed by atoms with Crippen molar-refractivity contribution in [2.45, 2.75) is 64.9 Å². The van der Waals surface area contributed by atoms with Crippen LogP contribution < -0.4 is 0 Å². The highest BCUT2D eigenvalue weighted by atomic mass is 16.6. The normalized spacial score (nSPS) is 14.3. The van der Waals surface area contributed by atoms with E-state index in [2.05, 4.69) is 20.4 Å². The monoisotopic (exact) mass is 212 g/mol. The van der Waals surface area contributed by atoms with Gasteiger partial charge in [-0.15, -0.1) is 0 Å². The number of carbonyl (C=O) groups excluding carboxylic acids is 1. The smallest absolute Gasteiger partial charge is 0.330 e. The van der Waals surface area contributed by atoms with Crippen LogP contribution in [0, 0.1) is 0 Å². The van der Waals surface area contributed by atoms with Crippen LogP contribution in [-0.4, -0.2) is 11.6 Å². The fourth-order valence-corrected chi connectivity index (χ4v) is 1.79. The van der Waals surface area contributed by atoms with Gasteiger partial charge in [-0.1, -0.05) is 39.7 Å². The van der Waals surface area contributed by atoms with Crippen LogP contribution in [0.15, 0.2) is 12.7 Å². The van der Waals surface area contributed by atoms with Gasteiger partial charge in [-0.3, -0.25) is 0 Å². The molecule has 15 heavy (non-hydrogen) atoms. The van der Waals surface area contributed by atoms with Crippen molar-refractivity contribution in [3.8, 4) is 0 Å². The van der Waals surface area contributed by atoms with Crippen LogP contribution in [0.5, 0.6) is 0 Å². The minimum atomic E-state index is -0.303. The zero-order chi connectivity index (χ0) is 11.7. The van der Waals surface area contributed by atoms with E-state index in [1.165, 1.54) is 18.9 Å². The van der Waals surface area contributed by atoms with E-state index in [4.69, 9.17) is 4.74 Å². The highest BCUT2D eigenvalue weighted by Gasteiger charge is 2.26. The van der Waals surface area contributed by atoms with Crippen molar-refractivity contribution in [3.63, 3.8) is 0 Å². The molecule has 2 heteroatoms. The number of esters is 1. The van der Waals surface area contributed by atoms with Gasteiger partial charge in [0.25, 0.3) is 0 Å². The molecular weight excluding hydrogens is 188 g/mol. The van der Waals surface area contributed by atoms with Gasteiger partial charge in [0.2, 0.25) is 0 Å². The van der Waals surface area contributed by atoms with Crippen LogP contribution >= 0.6 is 0 Å². The molecule has 0 aromatic carbocycles. The molecule has 0 fully saturated rings. The highest BCUT2D eigenvalue weighted by Crippen LogP contribution is 2.25. The standard InChI is InChI=1S/C13H24O2/c1-5-8-9-11-13(4,10-6-2)15-12(14)7-3/h7H,3,5-6,8-11H2,1-2,4H3. The van der Waals surface area contributed by atoms with E-state index < -0.39 is 0 Å². The Morgan fingerprint density at radius 1 is 1.27 bits per heavy atom. The third-order valence-corrected chi connectivity index (χ3v) is 2.60. The first kappa shape index (κ1) is 14.2. The summed E-state index contributed by atoms with van der Waals surface area (Å²) in [6.07, 6.45) is 7.67. The molecule has 0 N–H and O–H groups in total. The lowest BCUT2D eigenvalue weighted by Gasteiger charge is -2.28. The first-order valence-corrected chi connectivity index (χ1v) is 5.93. The van der Waals surface area contributed by atoms with Gasteiger partial charge < -0.3 is 4.74 Å². The largest absolute Gasteiger partial charge is 0.456 e. The molecule has 0 radical (unpaired) electrons. The Balaban J connectivity index is 4.17. The number of hydrogen-bond donors (Lipinski definition) is 0. The number of carbonyl (C=O) groups is 1. The molecule has 0 spiro atoms. The minimum Gasteiger partial charge on any atom is -0.456 e. The van der Waals surface area contributed by atoms with E-state index in [9.17, 15) is 4.79 Å². The van der Waals surface area contributed by atoms with E-state index in [1.54, 1.807) is 0 Å². The Bertz CT molecular complexity index is 199. The van der Waals surface area contributed by atoms with Gasteiger partial charge in [-0.05, 0) is 26.2 Å². The van der Waals surface area contributed by atoms with Crippen molar-refractivity contribution in [2.24, 2.45) is 0 Å². The topological polar surface area (TPSA) is 26.3 Å². The number of ether oxygens (including phenoxy) is 1. The molecule has 0 aliphatic rings. The zero-order valence-corrected chi connectivity index (χ0v) is 10.3. The van der Waals surface area contributed by atoms with Gasteiger partial charge in [-0.2, -0.15) is 0 Å². The quantitative estimate of drug-likeness (QED) is 0.347. The first-order valence-electron chi connectivity index (χ1n) is 5.93. The lowest BCUT2D eigenvalue weighted by atomic mass is 9.93. The zero-order valence-electron chi connectivity index (χ0n) is 10.3. The van der Waals surface area contributed by atoms with Crippen LogP contribution in [0.1, 0.15) is 59.3 Å². The van der Waals surface area contributed by atoms with Gasteiger partial charge in [0.1, 0.15) is 5.60 Å². The summed E-state index contributed by atoms with van der Waals surface area (Å²) in [6.45, 7) is 9.73. The summed E-state index contributed by atoms with van der Waals surface area (Å²) in [7, 11) is 0. The van der Waals surface area contributed by atoms with Crippen LogP contribution in [0.25, 0.3) is 0 Å². The van der Waals surface area contributed by atoms with Crippen molar-refractivity contribution in [1.29, 1.82) is 0 Å². The van der Waals surface area contributed by atoms with Crippen molar-refractivity contribution in [1.82, 2.24) is 0 Å². The third kappa shape index (κ3) is 6.32. The van der Waals surface area contributed by atoms with Crippen LogP contribution in [0.4, 0.5) is 0 Å². The number of hydrogen-bond acceptors (Lipinski definition) is 2. The molecule has 0 amide bonds. The molecular formula is C13H24O2. The van der Waals surface area contributed by atoms with Crippen LogP contribution in [-0.2, 0) is 9.53 Å². The van der Waals surface area contributed by atoms with Crippen molar-refractivity contribution in [2.75, 3.05) is 0 Å². The average Bonchev–Trinajstić information content (AvgIpc) is 2.18. The molecule has 0 heterocycles. The SMILES string of the molecule is C=CC(=O)OC(C)(CCC)CCCCC. The van der Waals surface area contributed by atoms with Gasteiger partial charge in [0.15, 0.2) is 0 Å².